The molecule has 0 spiro atoms. The molecule has 0 saturated heterocycles. The maximum Gasteiger partial charge on any atom is 0.00642 e. The van der Waals surface area contributed by atoms with E-state index in [0.717, 1.165) is 5.92 Å². The number of allylic oxidation sites excluding steroid dienone is 11. The van der Waals surface area contributed by atoms with Gasteiger partial charge in [-0.05, 0) is 128 Å². The molecule has 340 valence electrons. The SMILES string of the molecule is C1=CCCCCCCCCCC1.C1=CCCCCCCCCCC1.C1=CCCCCCCCCCC1.C1=CCCCCCCCCCC1.C=C.C=CC12C=CC(CC1)C2. The summed E-state index contributed by atoms with van der Waals surface area (Å²) in [5.41, 5.74) is 0.435. The molecule has 0 aromatic heterocycles. The molecule has 0 heteroatoms. The van der Waals surface area contributed by atoms with Crippen molar-refractivity contribution in [2.45, 2.75) is 276 Å². The van der Waals surface area contributed by atoms with Crippen LogP contribution in [0.1, 0.15) is 276 Å². The lowest BCUT2D eigenvalue weighted by Gasteiger charge is -2.16. The maximum atomic E-state index is 3.86. The van der Waals surface area contributed by atoms with Gasteiger partial charge in [0.05, 0.1) is 0 Å². The van der Waals surface area contributed by atoms with Crippen molar-refractivity contribution in [1.29, 1.82) is 0 Å². The quantitative estimate of drug-likeness (QED) is 0.231. The predicted octanol–water partition coefficient (Wildman–Crippen LogP) is 21.2. The second-order valence-electron chi connectivity index (χ2n) is 18.8. The van der Waals surface area contributed by atoms with Crippen molar-refractivity contribution in [2.24, 2.45) is 11.3 Å². The van der Waals surface area contributed by atoms with E-state index in [-0.39, 0.29) is 0 Å². The normalized spacial score (nSPS) is 25.5. The Morgan fingerprint density at radius 3 is 0.644 bits per heavy atom. The number of rotatable bonds is 1. The van der Waals surface area contributed by atoms with Crippen molar-refractivity contribution in [3.8, 4) is 0 Å². The fraction of sp³-hybridized carbons (Fsp3) is 0.763. The van der Waals surface area contributed by atoms with Crippen molar-refractivity contribution < 1.29 is 0 Å². The fourth-order valence-corrected chi connectivity index (χ4v) is 9.33. The lowest BCUT2D eigenvalue weighted by atomic mass is 9.88. The fourth-order valence-electron chi connectivity index (χ4n) is 9.33. The molecule has 0 heterocycles. The Morgan fingerprint density at radius 2 is 0.525 bits per heavy atom. The van der Waals surface area contributed by atoms with Crippen LogP contribution in [0.25, 0.3) is 0 Å². The van der Waals surface area contributed by atoms with Crippen LogP contribution in [0, 0.1) is 11.3 Å². The van der Waals surface area contributed by atoms with Gasteiger partial charge in [0, 0.05) is 5.41 Å². The number of hydrogen-bond donors (Lipinski definition) is 0. The first-order valence-corrected chi connectivity index (χ1v) is 26.8. The largest absolute Gasteiger partial charge is 0.106 e. The minimum absolute atomic E-state index is 0.435. The smallest absolute Gasteiger partial charge is 0.00642 e. The van der Waals surface area contributed by atoms with Crippen molar-refractivity contribution in [3.05, 3.63) is 86.6 Å². The third-order valence-corrected chi connectivity index (χ3v) is 13.4. The second kappa shape index (κ2) is 45.7. The molecule has 6 aliphatic carbocycles. The van der Waals surface area contributed by atoms with E-state index in [1.165, 1.54) is 276 Å². The first kappa shape index (κ1) is 55.2. The van der Waals surface area contributed by atoms with Gasteiger partial charge in [0.25, 0.3) is 0 Å². The minimum atomic E-state index is 0.435. The zero-order chi connectivity index (χ0) is 42.3. The van der Waals surface area contributed by atoms with Crippen LogP contribution in [0.5, 0.6) is 0 Å². The molecule has 0 aromatic rings. The van der Waals surface area contributed by atoms with E-state index in [4.69, 9.17) is 0 Å². The van der Waals surface area contributed by atoms with Gasteiger partial charge in [-0.3, -0.25) is 0 Å². The van der Waals surface area contributed by atoms with Gasteiger partial charge in [0.1, 0.15) is 0 Å². The molecule has 0 radical (unpaired) electrons. The highest BCUT2D eigenvalue weighted by molar-refractivity contribution is 5.21. The first-order valence-electron chi connectivity index (χ1n) is 26.8. The van der Waals surface area contributed by atoms with Crippen LogP contribution in [0.2, 0.25) is 0 Å². The lowest BCUT2D eigenvalue weighted by molar-refractivity contribution is 0.525. The van der Waals surface area contributed by atoms with E-state index in [1.807, 2.05) is 0 Å². The summed E-state index contributed by atoms with van der Waals surface area (Å²) >= 11 is 0. The van der Waals surface area contributed by atoms with Gasteiger partial charge in [-0.1, -0.05) is 221 Å². The third-order valence-electron chi connectivity index (χ3n) is 13.4. The van der Waals surface area contributed by atoms with E-state index in [0.29, 0.717) is 5.41 Å². The zero-order valence-electron chi connectivity index (χ0n) is 40.0. The second-order valence-corrected chi connectivity index (χ2v) is 18.8. The van der Waals surface area contributed by atoms with Crippen LogP contribution < -0.4 is 0 Å². The average molecular weight is 813 g/mol. The summed E-state index contributed by atoms with van der Waals surface area (Å²) in [7, 11) is 0. The summed E-state index contributed by atoms with van der Waals surface area (Å²) in [6, 6.07) is 0. The summed E-state index contributed by atoms with van der Waals surface area (Å²) in [5.74, 6) is 0.892. The van der Waals surface area contributed by atoms with Crippen molar-refractivity contribution in [3.63, 3.8) is 0 Å². The van der Waals surface area contributed by atoms with Gasteiger partial charge >= 0.3 is 0 Å². The molecular formula is C59H104. The van der Waals surface area contributed by atoms with Crippen LogP contribution in [-0.2, 0) is 0 Å². The molecule has 0 amide bonds. The molecule has 6 aliphatic rings. The van der Waals surface area contributed by atoms with Crippen LogP contribution in [0.3, 0.4) is 0 Å². The maximum absolute atomic E-state index is 3.86. The van der Waals surface area contributed by atoms with Crippen LogP contribution in [0.4, 0.5) is 0 Å². The third kappa shape index (κ3) is 37.7. The minimum Gasteiger partial charge on any atom is -0.106 e. The predicted molar refractivity (Wildman–Crippen MR) is 272 cm³/mol. The van der Waals surface area contributed by atoms with Crippen molar-refractivity contribution in [2.75, 3.05) is 0 Å². The highest BCUT2D eigenvalue weighted by Gasteiger charge is 2.37. The van der Waals surface area contributed by atoms with Gasteiger partial charge in [-0.25, -0.2) is 0 Å². The Hall–Kier alpha value is -1.82. The Bertz CT molecular complexity index is 829. The Morgan fingerprint density at radius 1 is 0.322 bits per heavy atom. The average Bonchev–Trinajstić information content (AvgIpc) is 3.86. The van der Waals surface area contributed by atoms with E-state index < -0.39 is 0 Å². The molecule has 2 atom stereocenters. The van der Waals surface area contributed by atoms with Crippen molar-refractivity contribution >= 4 is 0 Å². The molecule has 0 aromatic carbocycles. The molecule has 0 aliphatic heterocycles. The van der Waals surface area contributed by atoms with Gasteiger partial charge in [0.15, 0.2) is 0 Å². The van der Waals surface area contributed by atoms with Crippen LogP contribution in [0.15, 0.2) is 86.6 Å². The van der Waals surface area contributed by atoms with Gasteiger partial charge in [0.2, 0.25) is 0 Å². The zero-order valence-corrected chi connectivity index (χ0v) is 40.0. The molecule has 0 N–H and O–H groups in total. The Labute approximate surface area is 372 Å². The number of fused-ring (bicyclic) bond motifs is 2. The summed E-state index contributed by atoms with van der Waals surface area (Å²) in [6.07, 6.45) is 86.9. The highest BCUT2D eigenvalue weighted by Crippen LogP contribution is 2.49. The lowest BCUT2D eigenvalue weighted by Crippen LogP contribution is -2.05. The summed E-state index contributed by atoms with van der Waals surface area (Å²) in [6.45, 7) is 9.86. The van der Waals surface area contributed by atoms with E-state index in [2.05, 4.69) is 86.6 Å². The molecule has 1 saturated carbocycles. The van der Waals surface area contributed by atoms with Gasteiger partial charge < -0.3 is 0 Å². The molecule has 59 heavy (non-hydrogen) atoms. The summed E-state index contributed by atoms with van der Waals surface area (Å²) in [5, 5.41) is 0. The molecule has 0 nitrogen and oxygen atoms in total. The van der Waals surface area contributed by atoms with Gasteiger partial charge in [-0.2, -0.15) is 0 Å². The molecular weight excluding hydrogens is 709 g/mol. The topological polar surface area (TPSA) is 0 Å². The van der Waals surface area contributed by atoms with Gasteiger partial charge in [-0.15, -0.1) is 19.7 Å². The van der Waals surface area contributed by atoms with E-state index >= 15 is 0 Å². The first-order chi connectivity index (χ1) is 29.3. The highest BCUT2D eigenvalue weighted by atomic mass is 14.4. The van der Waals surface area contributed by atoms with Crippen LogP contribution >= 0.6 is 0 Å². The molecule has 2 unspecified atom stereocenters. The Kier molecular flexibility index (Phi) is 42.8. The summed E-state index contributed by atoms with van der Waals surface area (Å²) in [4.78, 5) is 0. The standard InChI is InChI=1S/4C12H22.C9H12.C2H4/c4*1-2-4-6-8-10-12-11-9-7-5-3-1;1-2-9-5-3-8(7-9)4-6-9;1-2/h4*1-2H,3-12H2;2-3,5,8H,1,4,6-7H2;1-2H2. The van der Waals surface area contributed by atoms with E-state index in [1.54, 1.807) is 0 Å². The van der Waals surface area contributed by atoms with Crippen LogP contribution in [-0.4, -0.2) is 0 Å². The molecule has 6 rings (SSSR count). The van der Waals surface area contributed by atoms with E-state index in [9.17, 15) is 0 Å². The molecule has 2 bridgehead atoms. The van der Waals surface area contributed by atoms with Crippen molar-refractivity contribution in [1.82, 2.24) is 0 Å². The summed E-state index contributed by atoms with van der Waals surface area (Å²) < 4.78 is 0. The molecule has 1 fully saturated rings. The monoisotopic (exact) mass is 813 g/mol. The Balaban J connectivity index is 0.000000365. The number of hydrogen-bond acceptors (Lipinski definition) is 0.